The Morgan fingerprint density at radius 1 is 1.04 bits per heavy atom. The zero-order valence-corrected chi connectivity index (χ0v) is 16.8. The van der Waals surface area contributed by atoms with Crippen LogP contribution in [0, 0.1) is 5.82 Å². The van der Waals surface area contributed by atoms with Crippen molar-refractivity contribution in [3.8, 4) is 0 Å². The fraction of sp³-hybridized carbons (Fsp3) is 0.500. The Labute approximate surface area is 166 Å². The fourth-order valence-electron chi connectivity index (χ4n) is 3.14. The molecule has 0 spiro atoms. The standard InChI is InChI=1S/C18H26FN5.HI/c19-16-4-6-17(7-5-16)23-12-14-24(15-13-23)18(20)21-8-11-22-9-2-1-3-10-22;/h1-2,4-7H,3,8-15H2,(H2,20,21);1H. The molecular weight excluding hydrogens is 432 g/mol. The third kappa shape index (κ3) is 5.85. The minimum atomic E-state index is -0.196. The average molecular weight is 459 g/mol. The fourth-order valence-corrected chi connectivity index (χ4v) is 3.14. The van der Waals surface area contributed by atoms with Gasteiger partial charge >= 0.3 is 0 Å². The Hall–Kier alpha value is -1.35. The first kappa shape index (κ1) is 20.0. The van der Waals surface area contributed by atoms with Crippen molar-refractivity contribution < 1.29 is 4.39 Å². The van der Waals surface area contributed by atoms with Crippen molar-refractivity contribution in [2.24, 2.45) is 10.7 Å². The third-order valence-corrected chi connectivity index (χ3v) is 4.63. The summed E-state index contributed by atoms with van der Waals surface area (Å²) in [4.78, 5) is 11.3. The first-order chi connectivity index (χ1) is 11.7. The van der Waals surface area contributed by atoms with Crippen LogP contribution < -0.4 is 10.6 Å². The number of nitrogens with two attached hydrogens (primary N) is 1. The zero-order chi connectivity index (χ0) is 16.8. The van der Waals surface area contributed by atoms with E-state index in [2.05, 4.69) is 31.8 Å². The summed E-state index contributed by atoms with van der Waals surface area (Å²) >= 11 is 0. The maximum atomic E-state index is 13.0. The molecule has 0 aliphatic carbocycles. The van der Waals surface area contributed by atoms with E-state index in [1.807, 2.05) is 12.1 Å². The second-order valence-electron chi connectivity index (χ2n) is 6.25. The van der Waals surface area contributed by atoms with Crippen LogP contribution in [0.2, 0.25) is 0 Å². The molecule has 1 aromatic carbocycles. The van der Waals surface area contributed by atoms with Gasteiger partial charge in [-0.2, -0.15) is 0 Å². The molecule has 2 heterocycles. The number of aliphatic imine (C=N–C) groups is 1. The number of hydrogen-bond acceptors (Lipinski definition) is 3. The Morgan fingerprint density at radius 3 is 2.40 bits per heavy atom. The van der Waals surface area contributed by atoms with Gasteiger partial charge in [-0.15, -0.1) is 24.0 Å². The Morgan fingerprint density at radius 2 is 1.76 bits per heavy atom. The van der Waals surface area contributed by atoms with Gasteiger partial charge in [-0.25, -0.2) is 4.39 Å². The van der Waals surface area contributed by atoms with Crippen molar-refractivity contribution in [3.05, 3.63) is 42.2 Å². The zero-order valence-electron chi connectivity index (χ0n) is 14.5. The highest BCUT2D eigenvalue weighted by Gasteiger charge is 2.18. The van der Waals surface area contributed by atoms with Crippen molar-refractivity contribution in [1.29, 1.82) is 0 Å². The van der Waals surface area contributed by atoms with E-state index in [-0.39, 0.29) is 29.8 Å². The molecular formula is C18H27FIN5. The number of rotatable bonds is 4. The molecule has 0 saturated carbocycles. The highest BCUT2D eigenvalue weighted by molar-refractivity contribution is 14.0. The summed E-state index contributed by atoms with van der Waals surface area (Å²) in [6.45, 7) is 7.28. The van der Waals surface area contributed by atoms with Crippen molar-refractivity contribution in [2.75, 3.05) is 57.3 Å². The van der Waals surface area contributed by atoms with Crippen LogP contribution >= 0.6 is 24.0 Å². The number of hydrogen-bond donors (Lipinski definition) is 1. The molecule has 2 aliphatic rings. The summed E-state index contributed by atoms with van der Waals surface area (Å²) in [7, 11) is 0. The minimum Gasteiger partial charge on any atom is -0.370 e. The average Bonchev–Trinajstić information content (AvgIpc) is 2.63. The molecule has 7 heteroatoms. The highest BCUT2D eigenvalue weighted by atomic mass is 127. The second kappa shape index (κ2) is 9.96. The predicted molar refractivity (Wildman–Crippen MR) is 112 cm³/mol. The number of halogens is 2. The molecule has 0 bridgehead atoms. The number of anilines is 1. The lowest BCUT2D eigenvalue weighted by Gasteiger charge is -2.36. The van der Waals surface area contributed by atoms with Gasteiger partial charge < -0.3 is 15.5 Å². The second-order valence-corrected chi connectivity index (χ2v) is 6.25. The molecule has 1 aromatic rings. The molecule has 5 nitrogen and oxygen atoms in total. The van der Waals surface area contributed by atoms with Crippen LogP contribution in [0.4, 0.5) is 10.1 Å². The van der Waals surface area contributed by atoms with Crippen LogP contribution in [0.5, 0.6) is 0 Å². The van der Waals surface area contributed by atoms with Gasteiger partial charge in [0.1, 0.15) is 5.82 Å². The van der Waals surface area contributed by atoms with E-state index in [0.29, 0.717) is 5.96 Å². The van der Waals surface area contributed by atoms with Crippen LogP contribution in [0.1, 0.15) is 6.42 Å². The van der Waals surface area contributed by atoms with Crippen LogP contribution in [0.25, 0.3) is 0 Å². The topological polar surface area (TPSA) is 48.1 Å². The van der Waals surface area contributed by atoms with E-state index in [0.717, 1.165) is 64.5 Å². The number of piperazine rings is 1. The van der Waals surface area contributed by atoms with Crippen molar-refractivity contribution in [3.63, 3.8) is 0 Å². The molecule has 1 saturated heterocycles. The summed E-state index contributed by atoms with van der Waals surface area (Å²) in [5.41, 5.74) is 7.20. The number of nitrogens with zero attached hydrogens (tertiary/aromatic N) is 4. The molecule has 0 radical (unpaired) electrons. The maximum absolute atomic E-state index is 13.0. The molecule has 1 fully saturated rings. The number of benzene rings is 1. The Kier molecular flexibility index (Phi) is 7.95. The smallest absolute Gasteiger partial charge is 0.191 e. The van der Waals surface area contributed by atoms with Crippen molar-refractivity contribution >= 4 is 35.6 Å². The van der Waals surface area contributed by atoms with Gasteiger partial charge in [-0.1, -0.05) is 12.2 Å². The number of guanidine groups is 1. The molecule has 0 amide bonds. The molecule has 3 rings (SSSR count). The van der Waals surface area contributed by atoms with E-state index in [1.54, 1.807) is 0 Å². The quantitative estimate of drug-likeness (QED) is 0.325. The molecule has 0 unspecified atom stereocenters. The van der Waals surface area contributed by atoms with Crippen molar-refractivity contribution in [1.82, 2.24) is 9.80 Å². The largest absolute Gasteiger partial charge is 0.370 e. The molecule has 0 aromatic heterocycles. The van der Waals surface area contributed by atoms with Crippen LogP contribution in [-0.4, -0.2) is 68.1 Å². The monoisotopic (exact) mass is 459 g/mol. The lowest BCUT2D eigenvalue weighted by Crippen LogP contribution is -2.51. The summed E-state index contributed by atoms with van der Waals surface area (Å²) < 4.78 is 13.0. The third-order valence-electron chi connectivity index (χ3n) is 4.63. The van der Waals surface area contributed by atoms with E-state index >= 15 is 0 Å². The van der Waals surface area contributed by atoms with Gasteiger partial charge in [0.05, 0.1) is 6.54 Å². The van der Waals surface area contributed by atoms with Gasteiger partial charge in [0.2, 0.25) is 0 Å². The Bertz CT molecular complexity index is 582. The summed E-state index contributed by atoms with van der Waals surface area (Å²) in [6.07, 6.45) is 5.57. The highest BCUT2D eigenvalue weighted by Crippen LogP contribution is 2.16. The van der Waals surface area contributed by atoms with Crippen LogP contribution in [-0.2, 0) is 0 Å². The molecule has 0 atom stereocenters. The summed E-state index contributed by atoms with van der Waals surface area (Å²) in [5.74, 6) is 0.444. The van der Waals surface area contributed by atoms with E-state index in [4.69, 9.17) is 5.73 Å². The van der Waals surface area contributed by atoms with Gasteiger partial charge in [-0.3, -0.25) is 9.89 Å². The molecule has 2 N–H and O–H groups in total. The molecule has 138 valence electrons. The lowest BCUT2D eigenvalue weighted by atomic mass is 10.2. The summed E-state index contributed by atoms with van der Waals surface area (Å²) in [5, 5.41) is 0. The minimum absolute atomic E-state index is 0. The van der Waals surface area contributed by atoms with Crippen LogP contribution in [0.3, 0.4) is 0 Å². The maximum Gasteiger partial charge on any atom is 0.191 e. The predicted octanol–water partition coefficient (Wildman–Crippen LogP) is 2.14. The van der Waals surface area contributed by atoms with E-state index < -0.39 is 0 Å². The summed E-state index contributed by atoms with van der Waals surface area (Å²) in [6, 6.07) is 6.67. The van der Waals surface area contributed by atoms with Crippen LogP contribution in [0.15, 0.2) is 41.4 Å². The molecule has 25 heavy (non-hydrogen) atoms. The SMILES string of the molecule is I.NC(=NCCN1CC=CCC1)N1CCN(c2ccc(F)cc2)CC1. The lowest BCUT2D eigenvalue weighted by molar-refractivity contribution is 0.306. The van der Waals surface area contributed by atoms with Gasteiger partial charge in [0.15, 0.2) is 5.96 Å². The first-order valence-corrected chi connectivity index (χ1v) is 8.65. The van der Waals surface area contributed by atoms with Crippen molar-refractivity contribution in [2.45, 2.75) is 6.42 Å². The van der Waals surface area contributed by atoms with E-state index in [9.17, 15) is 4.39 Å². The Balaban J connectivity index is 0.00000225. The van der Waals surface area contributed by atoms with E-state index in [1.165, 1.54) is 12.1 Å². The normalized spacial score (nSPS) is 19.0. The van der Waals surface area contributed by atoms with Gasteiger partial charge in [0.25, 0.3) is 0 Å². The first-order valence-electron chi connectivity index (χ1n) is 8.65. The van der Waals surface area contributed by atoms with Gasteiger partial charge in [-0.05, 0) is 30.7 Å². The molecule has 2 aliphatic heterocycles. The van der Waals surface area contributed by atoms with Gasteiger partial charge in [0, 0.05) is 51.5 Å².